The van der Waals surface area contributed by atoms with Gasteiger partial charge in [-0.25, -0.2) is 0 Å². The first-order valence-corrected chi connectivity index (χ1v) is 6.36. The Bertz CT molecular complexity index is 246. The van der Waals surface area contributed by atoms with Crippen molar-refractivity contribution in [3.05, 3.63) is 0 Å². The third kappa shape index (κ3) is 3.37. The van der Waals surface area contributed by atoms with Crippen molar-refractivity contribution in [3.63, 3.8) is 0 Å². The number of rotatable bonds is 6. The number of aliphatic hydroxyl groups excluding tert-OH is 1. The zero-order chi connectivity index (χ0) is 12.3. The topological polar surface area (TPSA) is 89.3 Å². The Morgan fingerprint density at radius 3 is 2.50 bits per heavy atom. The summed E-state index contributed by atoms with van der Waals surface area (Å²) in [4.78, 5) is 10.8. The number of aliphatic hydroxyl groups is 1. The highest BCUT2D eigenvalue weighted by Crippen LogP contribution is 2.33. The van der Waals surface area contributed by atoms with E-state index < -0.39 is 12.0 Å². The summed E-state index contributed by atoms with van der Waals surface area (Å²) in [6.45, 7) is 1.74. The van der Waals surface area contributed by atoms with Crippen LogP contribution in [-0.4, -0.2) is 28.4 Å². The molecule has 0 bridgehead atoms. The highest BCUT2D eigenvalue weighted by Gasteiger charge is 2.31. The molecule has 0 heterocycles. The van der Waals surface area contributed by atoms with Crippen LogP contribution in [0.25, 0.3) is 0 Å². The first-order valence-electron chi connectivity index (χ1n) is 5.84. The largest absolute Gasteiger partial charge is 0.383 e. The number of amides is 1. The molecule has 1 saturated carbocycles. The molecule has 1 aliphatic carbocycles. The molecule has 5 N–H and O–H groups in total. The second-order valence-corrected chi connectivity index (χ2v) is 5.55. The summed E-state index contributed by atoms with van der Waals surface area (Å²) in [5.41, 5.74) is 11.0. The molecule has 1 amide bonds. The van der Waals surface area contributed by atoms with E-state index >= 15 is 0 Å². The van der Waals surface area contributed by atoms with Gasteiger partial charge in [0.1, 0.15) is 6.10 Å². The van der Waals surface area contributed by atoms with E-state index in [0.717, 1.165) is 6.42 Å². The van der Waals surface area contributed by atoms with Gasteiger partial charge in [0, 0.05) is 17.2 Å². The number of hydrogen-bond donors (Lipinski definition) is 4. The first-order chi connectivity index (χ1) is 7.43. The molecule has 0 aromatic rings. The molecule has 0 aromatic heterocycles. The molecular formula is C11H22N2O2S. The minimum atomic E-state index is -1.17. The van der Waals surface area contributed by atoms with Gasteiger partial charge in [-0.15, -0.1) is 0 Å². The van der Waals surface area contributed by atoms with Gasteiger partial charge in [0.2, 0.25) is 5.91 Å². The highest BCUT2D eigenvalue weighted by atomic mass is 32.1. The van der Waals surface area contributed by atoms with Crippen LogP contribution in [-0.2, 0) is 4.79 Å². The Morgan fingerprint density at radius 2 is 2.12 bits per heavy atom. The number of thiol groups is 1. The van der Waals surface area contributed by atoms with E-state index in [1.54, 1.807) is 6.92 Å². The van der Waals surface area contributed by atoms with E-state index in [4.69, 9.17) is 11.5 Å². The molecule has 1 aliphatic rings. The van der Waals surface area contributed by atoms with Gasteiger partial charge in [0.15, 0.2) is 0 Å². The van der Waals surface area contributed by atoms with Gasteiger partial charge in [-0.3, -0.25) is 4.79 Å². The minimum Gasteiger partial charge on any atom is -0.383 e. The maximum atomic E-state index is 10.8. The Hall–Kier alpha value is -0.260. The Balaban J connectivity index is 2.41. The van der Waals surface area contributed by atoms with Crippen LogP contribution in [0.3, 0.4) is 0 Å². The van der Waals surface area contributed by atoms with Gasteiger partial charge >= 0.3 is 0 Å². The van der Waals surface area contributed by atoms with Crippen LogP contribution in [0.15, 0.2) is 0 Å². The second-order valence-electron chi connectivity index (χ2n) is 4.88. The van der Waals surface area contributed by atoms with Crippen LogP contribution in [0, 0.1) is 11.8 Å². The summed E-state index contributed by atoms with van der Waals surface area (Å²) in [7, 11) is 0. The molecule has 94 valence electrons. The van der Waals surface area contributed by atoms with Crippen LogP contribution >= 0.6 is 12.6 Å². The number of primary amides is 1. The van der Waals surface area contributed by atoms with Gasteiger partial charge in [-0.05, 0) is 12.3 Å². The smallest absolute Gasteiger partial charge is 0.246 e. The molecule has 0 aromatic carbocycles. The van der Waals surface area contributed by atoms with Crippen molar-refractivity contribution in [2.24, 2.45) is 23.3 Å². The Morgan fingerprint density at radius 1 is 1.56 bits per heavy atom. The van der Waals surface area contributed by atoms with Crippen LogP contribution < -0.4 is 11.5 Å². The van der Waals surface area contributed by atoms with Crippen molar-refractivity contribution in [2.75, 3.05) is 0 Å². The number of carbonyl (C=O) groups is 1. The third-order valence-electron chi connectivity index (χ3n) is 3.64. The maximum absolute atomic E-state index is 10.8. The average molecular weight is 246 g/mol. The van der Waals surface area contributed by atoms with Crippen molar-refractivity contribution in [1.29, 1.82) is 0 Å². The fourth-order valence-corrected chi connectivity index (χ4v) is 2.62. The van der Waals surface area contributed by atoms with Gasteiger partial charge < -0.3 is 16.6 Å². The lowest BCUT2D eigenvalue weighted by molar-refractivity contribution is -0.128. The lowest BCUT2D eigenvalue weighted by Crippen LogP contribution is -2.47. The van der Waals surface area contributed by atoms with E-state index in [9.17, 15) is 9.90 Å². The van der Waals surface area contributed by atoms with Gasteiger partial charge in [0.05, 0.1) is 0 Å². The van der Waals surface area contributed by atoms with Crippen LogP contribution in [0.1, 0.15) is 32.6 Å². The summed E-state index contributed by atoms with van der Waals surface area (Å²) in [5.74, 6) is -0.348. The zero-order valence-electron chi connectivity index (χ0n) is 9.67. The first kappa shape index (κ1) is 13.8. The Kier molecular flexibility index (Phi) is 5.08. The van der Waals surface area contributed by atoms with Crippen molar-refractivity contribution < 1.29 is 9.90 Å². The molecule has 0 saturated heterocycles. The SMILES string of the molecule is CC([C@@H](N)C(S)CC1CCC1)[C@H](O)C(N)=O. The van der Waals surface area contributed by atoms with Crippen molar-refractivity contribution >= 4 is 18.5 Å². The van der Waals surface area contributed by atoms with Crippen LogP contribution in [0.4, 0.5) is 0 Å². The summed E-state index contributed by atoms with van der Waals surface area (Å²) < 4.78 is 0. The fourth-order valence-electron chi connectivity index (χ4n) is 2.05. The van der Waals surface area contributed by atoms with Crippen LogP contribution in [0.5, 0.6) is 0 Å². The number of nitrogens with two attached hydrogens (primary N) is 2. The molecule has 16 heavy (non-hydrogen) atoms. The van der Waals surface area contributed by atoms with E-state index in [1.807, 2.05) is 0 Å². The zero-order valence-corrected chi connectivity index (χ0v) is 10.6. The molecule has 2 unspecified atom stereocenters. The molecule has 4 nitrogen and oxygen atoms in total. The number of hydrogen-bond acceptors (Lipinski definition) is 4. The molecule has 5 heteroatoms. The second kappa shape index (κ2) is 5.89. The predicted molar refractivity (Wildman–Crippen MR) is 67.1 cm³/mol. The summed E-state index contributed by atoms with van der Waals surface area (Å²) in [6.07, 6.45) is 3.57. The molecular weight excluding hydrogens is 224 g/mol. The van der Waals surface area contributed by atoms with Gasteiger partial charge in [-0.2, -0.15) is 12.6 Å². The molecule has 1 fully saturated rings. The van der Waals surface area contributed by atoms with E-state index in [-0.39, 0.29) is 17.2 Å². The normalized spacial score (nSPS) is 24.2. The van der Waals surface area contributed by atoms with Crippen LogP contribution in [0.2, 0.25) is 0 Å². The van der Waals surface area contributed by atoms with E-state index in [2.05, 4.69) is 12.6 Å². The molecule has 0 spiro atoms. The van der Waals surface area contributed by atoms with E-state index in [1.165, 1.54) is 19.3 Å². The lowest BCUT2D eigenvalue weighted by atomic mass is 9.79. The summed E-state index contributed by atoms with van der Waals surface area (Å²) in [6, 6.07) is -0.300. The van der Waals surface area contributed by atoms with E-state index in [0.29, 0.717) is 5.92 Å². The summed E-state index contributed by atoms with van der Waals surface area (Å²) >= 11 is 4.47. The lowest BCUT2D eigenvalue weighted by Gasteiger charge is -2.33. The van der Waals surface area contributed by atoms with Crippen molar-refractivity contribution in [1.82, 2.24) is 0 Å². The Labute approximate surface area is 102 Å². The molecule has 4 atom stereocenters. The summed E-state index contributed by atoms with van der Waals surface area (Å²) in [5, 5.41) is 9.55. The maximum Gasteiger partial charge on any atom is 0.246 e. The highest BCUT2D eigenvalue weighted by molar-refractivity contribution is 7.81. The molecule has 0 aliphatic heterocycles. The number of carbonyl (C=O) groups excluding carboxylic acids is 1. The quantitative estimate of drug-likeness (QED) is 0.508. The van der Waals surface area contributed by atoms with Crippen molar-refractivity contribution in [2.45, 2.75) is 50.0 Å². The average Bonchev–Trinajstić information content (AvgIpc) is 2.19. The van der Waals surface area contributed by atoms with Gasteiger partial charge in [0.25, 0.3) is 0 Å². The standard InChI is InChI=1S/C11H22N2O2S/c1-6(10(14)11(13)15)9(12)8(16)5-7-3-2-4-7/h6-10,14,16H,2-5,12H2,1H3,(H2,13,15)/t6?,8?,9-,10+/m1/s1. The minimum absolute atomic E-state index is 0.0225. The fraction of sp³-hybridized carbons (Fsp3) is 0.909. The molecule has 0 radical (unpaired) electrons. The monoisotopic (exact) mass is 246 g/mol. The molecule has 1 rings (SSSR count). The third-order valence-corrected chi connectivity index (χ3v) is 4.20. The predicted octanol–water partition coefficient (Wildman–Crippen LogP) is 0.285. The van der Waals surface area contributed by atoms with Gasteiger partial charge in [-0.1, -0.05) is 26.2 Å². The van der Waals surface area contributed by atoms with Crippen molar-refractivity contribution in [3.8, 4) is 0 Å².